The number of aliphatic imine (C=N–C) groups is 1. The van der Waals surface area contributed by atoms with Crippen molar-refractivity contribution in [1.29, 1.82) is 0 Å². The summed E-state index contributed by atoms with van der Waals surface area (Å²) in [5.74, 6) is 2.28. The van der Waals surface area contributed by atoms with Gasteiger partial charge in [-0.05, 0) is 52.0 Å². The quantitative estimate of drug-likeness (QED) is 0.411. The number of hydrogen-bond acceptors (Lipinski definition) is 3. The third-order valence-corrected chi connectivity index (χ3v) is 3.22. The number of halogens is 1. The van der Waals surface area contributed by atoms with E-state index in [1.807, 2.05) is 18.3 Å². The summed E-state index contributed by atoms with van der Waals surface area (Å²) in [6.07, 6.45) is 4.42. The highest BCUT2D eigenvalue weighted by Gasteiger charge is 2.22. The van der Waals surface area contributed by atoms with Gasteiger partial charge in [-0.25, -0.2) is 9.98 Å². The smallest absolute Gasteiger partial charge is 0.213 e. The van der Waals surface area contributed by atoms with Crippen molar-refractivity contribution in [2.75, 3.05) is 13.2 Å². The lowest BCUT2D eigenvalue weighted by Crippen LogP contribution is -2.47. The fraction of sp³-hybridized carbons (Fsp3) is 0.647. The zero-order valence-corrected chi connectivity index (χ0v) is 16.9. The van der Waals surface area contributed by atoms with Crippen LogP contribution in [0.4, 0.5) is 0 Å². The van der Waals surface area contributed by atoms with Crippen molar-refractivity contribution in [2.45, 2.75) is 52.6 Å². The summed E-state index contributed by atoms with van der Waals surface area (Å²) < 4.78 is 5.64. The summed E-state index contributed by atoms with van der Waals surface area (Å²) in [5.41, 5.74) is 1.06. The van der Waals surface area contributed by atoms with Crippen molar-refractivity contribution in [3.63, 3.8) is 0 Å². The van der Waals surface area contributed by atoms with Gasteiger partial charge in [-0.15, -0.1) is 24.0 Å². The Kier molecular flexibility index (Phi) is 8.08. The van der Waals surface area contributed by atoms with Gasteiger partial charge in [0.25, 0.3) is 0 Å². The van der Waals surface area contributed by atoms with E-state index in [4.69, 9.17) is 4.74 Å². The summed E-state index contributed by atoms with van der Waals surface area (Å²) in [7, 11) is 0. The summed E-state index contributed by atoms with van der Waals surface area (Å²) in [6, 6.07) is 3.96. The van der Waals surface area contributed by atoms with Crippen LogP contribution < -0.4 is 15.4 Å². The number of guanidine groups is 1. The first-order valence-electron chi connectivity index (χ1n) is 8.10. The molecule has 0 atom stereocenters. The molecule has 0 radical (unpaired) electrons. The highest BCUT2D eigenvalue weighted by Crippen LogP contribution is 2.29. The number of hydrogen-bond donors (Lipinski definition) is 2. The van der Waals surface area contributed by atoms with Gasteiger partial charge in [-0.3, -0.25) is 0 Å². The molecule has 130 valence electrons. The zero-order chi connectivity index (χ0) is 16.0. The molecule has 23 heavy (non-hydrogen) atoms. The van der Waals surface area contributed by atoms with Crippen molar-refractivity contribution >= 4 is 29.9 Å². The van der Waals surface area contributed by atoms with E-state index in [2.05, 4.69) is 48.3 Å². The van der Waals surface area contributed by atoms with E-state index in [1.165, 1.54) is 12.8 Å². The second kappa shape index (κ2) is 9.30. The number of ether oxygens (including phenoxy) is 1. The van der Waals surface area contributed by atoms with Crippen LogP contribution in [0.25, 0.3) is 0 Å². The van der Waals surface area contributed by atoms with Crippen LogP contribution in [-0.2, 0) is 6.54 Å². The summed E-state index contributed by atoms with van der Waals surface area (Å²) in [6.45, 7) is 10.7. The van der Waals surface area contributed by atoms with Gasteiger partial charge in [0, 0.05) is 24.3 Å². The van der Waals surface area contributed by atoms with Crippen LogP contribution in [0.15, 0.2) is 23.3 Å². The van der Waals surface area contributed by atoms with Crippen LogP contribution in [0.3, 0.4) is 0 Å². The normalized spacial score (nSPS) is 14.9. The lowest BCUT2D eigenvalue weighted by atomic mass is 10.1. The largest absolute Gasteiger partial charge is 0.477 e. The Hall–Kier alpha value is -1.05. The van der Waals surface area contributed by atoms with E-state index >= 15 is 0 Å². The van der Waals surface area contributed by atoms with Crippen molar-refractivity contribution < 1.29 is 4.74 Å². The summed E-state index contributed by atoms with van der Waals surface area (Å²) in [5, 5.41) is 6.63. The monoisotopic (exact) mass is 432 g/mol. The molecular formula is C17H29IN4O. The first-order valence-corrected chi connectivity index (χ1v) is 8.10. The fourth-order valence-electron chi connectivity index (χ4n) is 1.91. The van der Waals surface area contributed by atoms with E-state index in [0.29, 0.717) is 12.4 Å². The van der Waals surface area contributed by atoms with Crippen molar-refractivity contribution in [2.24, 2.45) is 10.9 Å². The van der Waals surface area contributed by atoms with Gasteiger partial charge in [0.2, 0.25) is 5.88 Å². The van der Waals surface area contributed by atoms with Gasteiger partial charge >= 0.3 is 0 Å². The van der Waals surface area contributed by atoms with E-state index in [1.54, 1.807) is 0 Å². The Morgan fingerprint density at radius 3 is 2.61 bits per heavy atom. The fourth-order valence-corrected chi connectivity index (χ4v) is 1.91. The second-order valence-electron chi connectivity index (χ2n) is 6.83. The number of aromatic nitrogens is 1. The van der Waals surface area contributed by atoms with Gasteiger partial charge < -0.3 is 15.4 Å². The minimum Gasteiger partial charge on any atom is -0.477 e. The predicted molar refractivity (Wildman–Crippen MR) is 106 cm³/mol. The Morgan fingerprint density at radius 1 is 1.35 bits per heavy atom. The van der Waals surface area contributed by atoms with Crippen molar-refractivity contribution in [3.8, 4) is 5.88 Å². The van der Waals surface area contributed by atoms with Crippen LogP contribution >= 0.6 is 24.0 Å². The van der Waals surface area contributed by atoms with Crippen LogP contribution in [0, 0.1) is 5.92 Å². The summed E-state index contributed by atoms with van der Waals surface area (Å²) in [4.78, 5) is 8.94. The molecule has 0 amide bonds. The molecule has 0 saturated heterocycles. The Balaban J connectivity index is 0.00000264. The molecular weight excluding hydrogens is 403 g/mol. The first kappa shape index (κ1) is 20.0. The standard InChI is InChI=1S/C17H28N4O.HI/c1-5-18-16(21-17(2,3)4)20-11-14-8-9-15(19-10-14)22-12-13-6-7-13;/h8-10,13H,5-7,11-12H2,1-4H3,(H2,18,20,21);1H. The molecule has 0 aliphatic heterocycles. The molecule has 1 aliphatic carbocycles. The molecule has 6 heteroatoms. The molecule has 0 bridgehead atoms. The van der Waals surface area contributed by atoms with E-state index < -0.39 is 0 Å². The molecule has 1 aromatic heterocycles. The Labute approximate surface area is 156 Å². The van der Waals surface area contributed by atoms with Crippen molar-refractivity contribution in [1.82, 2.24) is 15.6 Å². The van der Waals surface area contributed by atoms with Crippen LogP contribution in [0.2, 0.25) is 0 Å². The SMILES string of the molecule is CCNC(=NCc1ccc(OCC2CC2)nc1)NC(C)(C)C.I. The number of rotatable bonds is 6. The van der Waals surface area contributed by atoms with Gasteiger partial charge in [0.05, 0.1) is 13.2 Å². The topological polar surface area (TPSA) is 58.5 Å². The van der Waals surface area contributed by atoms with Gasteiger partial charge in [0.15, 0.2) is 5.96 Å². The van der Waals surface area contributed by atoms with E-state index in [-0.39, 0.29) is 29.5 Å². The number of pyridine rings is 1. The molecule has 2 N–H and O–H groups in total. The molecule has 0 aromatic carbocycles. The Morgan fingerprint density at radius 2 is 2.09 bits per heavy atom. The highest BCUT2D eigenvalue weighted by molar-refractivity contribution is 14.0. The summed E-state index contributed by atoms with van der Waals surface area (Å²) >= 11 is 0. The van der Waals surface area contributed by atoms with E-state index in [0.717, 1.165) is 30.6 Å². The van der Waals surface area contributed by atoms with Gasteiger partial charge in [-0.2, -0.15) is 0 Å². The average Bonchev–Trinajstić information content (AvgIpc) is 3.26. The molecule has 0 unspecified atom stereocenters. The first-order chi connectivity index (χ1) is 10.5. The minimum atomic E-state index is -0.0141. The molecule has 1 aliphatic rings. The third kappa shape index (κ3) is 8.39. The second-order valence-corrected chi connectivity index (χ2v) is 6.83. The molecule has 0 spiro atoms. The lowest BCUT2D eigenvalue weighted by molar-refractivity contribution is 0.288. The van der Waals surface area contributed by atoms with Crippen LogP contribution in [-0.4, -0.2) is 29.6 Å². The third-order valence-electron chi connectivity index (χ3n) is 3.22. The molecule has 2 rings (SSSR count). The lowest BCUT2D eigenvalue weighted by Gasteiger charge is -2.23. The minimum absolute atomic E-state index is 0. The Bertz CT molecular complexity index is 492. The predicted octanol–water partition coefficient (Wildman–Crippen LogP) is 3.34. The van der Waals surface area contributed by atoms with Crippen LogP contribution in [0.5, 0.6) is 5.88 Å². The molecule has 1 aromatic rings. The maximum atomic E-state index is 5.64. The van der Waals surface area contributed by atoms with Gasteiger partial charge in [-0.1, -0.05) is 6.07 Å². The zero-order valence-electron chi connectivity index (χ0n) is 14.6. The number of nitrogens with zero attached hydrogens (tertiary/aromatic N) is 2. The molecule has 5 nitrogen and oxygen atoms in total. The maximum absolute atomic E-state index is 5.64. The molecule has 1 heterocycles. The van der Waals surface area contributed by atoms with Crippen molar-refractivity contribution in [3.05, 3.63) is 23.9 Å². The van der Waals surface area contributed by atoms with E-state index in [9.17, 15) is 0 Å². The average molecular weight is 432 g/mol. The molecule has 1 fully saturated rings. The number of nitrogens with one attached hydrogen (secondary N) is 2. The molecule has 1 saturated carbocycles. The van der Waals surface area contributed by atoms with Crippen LogP contribution in [0.1, 0.15) is 46.1 Å². The highest BCUT2D eigenvalue weighted by atomic mass is 127. The van der Waals surface area contributed by atoms with Gasteiger partial charge in [0.1, 0.15) is 0 Å². The maximum Gasteiger partial charge on any atom is 0.213 e.